The van der Waals surface area contributed by atoms with Crippen LogP contribution in [0.3, 0.4) is 0 Å². The normalized spacial score (nSPS) is 11.9. The Labute approximate surface area is 156 Å². The molecule has 6 heteroatoms. The predicted octanol–water partition coefficient (Wildman–Crippen LogP) is 4.70. The van der Waals surface area contributed by atoms with Crippen LogP contribution in [0.1, 0.15) is 12.5 Å². The molecule has 1 N–H and O–H groups in total. The van der Waals surface area contributed by atoms with Crippen LogP contribution in [0.4, 0.5) is 5.82 Å². The zero-order valence-corrected chi connectivity index (χ0v) is 15.3. The summed E-state index contributed by atoms with van der Waals surface area (Å²) in [6.07, 6.45) is 1.68. The van der Waals surface area contributed by atoms with E-state index in [2.05, 4.69) is 10.4 Å². The standard InChI is InChI=1S/C19H18ClN3OS/c1-14(25-17-8-3-2-4-9-17)19(24)22-18-10-11-21-23(18)13-15-6-5-7-16(20)12-15/h2-12,14H,13H2,1H3,(H,22,24)/t14-/m1/s1. The van der Waals surface area contributed by atoms with Crippen molar-refractivity contribution in [1.29, 1.82) is 0 Å². The highest BCUT2D eigenvalue weighted by Gasteiger charge is 2.16. The first kappa shape index (κ1) is 17.6. The van der Waals surface area contributed by atoms with E-state index in [0.29, 0.717) is 17.4 Å². The van der Waals surface area contributed by atoms with Crippen molar-refractivity contribution in [2.75, 3.05) is 5.32 Å². The van der Waals surface area contributed by atoms with Crippen LogP contribution in [0, 0.1) is 0 Å². The molecule has 25 heavy (non-hydrogen) atoms. The van der Waals surface area contributed by atoms with Gasteiger partial charge in [0.15, 0.2) is 0 Å². The van der Waals surface area contributed by atoms with E-state index in [-0.39, 0.29) is 11.2 Å². The van der Waals surface area contributed by atoms with Crippen LogP contribution in [0.5, 0.6) is 0 Å². The zero-order valence-electron chi connectivity index (χ0n) is 13.7. The summed E-state index contributed by atoms with van der Waals surface area (Å²) in [5, 5.41) is 7.71. The SMILES string of the molecule is C[C@@H](Sc1ccccc1)C(=O)Nc1ccnn1Cc1cccc(Cl)c1. The zero-order chi connectivity index (χ0) is 17.6. The summed E-state index contributed by atoms with van der Waals surface area (Å²) in [5.74, 6) is 0.618. The van der Waals surface area contributed by atoms with Gasteiger partial charge in [0.05, 0.1) is 18.0 Å². The third-order valence-corrected chi connectivity index (χ3v) is 4.96. The number of amides is 1. The number of carbonyl (C=O) groups excluding carboxylic acids is 1. The molecule has 0 radical (unpaired) electrons. The van der Waals surface area contributed by atoms with E-state index in [0.717, 1.165) is 10.5 Å². The number of halogens is 1. The fraction of sp³-hybridized carbons (Fsp3) is 0.158. The second-order valence-electron chi connectivity index (χ2n) is 5.57. The Balaban J connectivity index is 1.65. The fourth-order valence-electron chi connectivity index (χ4n) is 2.36. The van der Waals surface area contributed by atoms with Gasteiger partial charge in [0.2, 0.25) is 5.91 Å². The minimum absolute atomic E-state index is 0.0540. The molecule has 0 aliphatic heterocycles. The monoisotopic (exact) mass is 371 g/mol. The Bertz CT molecular complexity index is 851. The number of nitrogens with one attached hydrogen (secondary N) is 1. The van der Waals surface area contributed by atoms with Gasteiger partial charge in [0.1, 0.15) is 5.82 Å². The molecule has 4 nitrogen and oxygen atoms in total. The molecule has 0 aliphatic carbocycles. The molecule has 3 rings (SSSR count). The number of benzene rings is 2. The van der Waals surface area contributed by atoms with Crippen molar-refractivity contribution >= 4 is 35.1 Å². The molecule has 1 aromatic heterocycles. The van der Waals surface area contributed by atoms with Gasteiger partial charge < -0.3 is 5.32 Å². The summed E-state index contributed by atoms with van der Waals surface area (Å²) in [6.45, 7) is 2.44. The van der Waals surface area contributed by atoms with Crippen molar-refractivity contribution in [2.45, 2.75) is 23.6 Å². The van der Waals surface area contributed by atoms with Gasteiger partial charge in [-0.05, 0) is 36.8 Å². The first-order valence-corrected chi connectivity index (χ1v) is 9.16. The lowest BCUT2D eigenvalue weighted by atomic mass is 10.2. The molecule has 0 saturated heterocycles. The molecule has 2 aromatic carbocycles. The van der Waals surface area contributed by atoms with E-state index in [4.69, 9.17) is 11.6 Å². The minimum atomic E-state index is -0.211. The Kier molecular flexibility index (Phi) is 5.79. The molecule has 0 unspecified atom stereocenters. The molecular weight excluding hydrogens is 354 g/mol. The lowest BCUT2D eigenvalue weighted by Gasteiger charge is -2.13. The molecule has 0 bridgehead atoms. The van der Waals surface area contributed by atoms with E-state index in [1.54, 1.807) is 16.9 Å². The Morgan fingerprint density at radius 3 is 2.76 bits per heavy atom. The largest absolute Gasteiger partial charge is 0.310 e. The maximum Gasteiger partial charge on any atom is 0.238 e. The van der Waals surface area contributed by atoms with E-state index >= 15 is 0 Å². The summed E-state index contributed by atoms with van der Waals surface area (Å²) in [6, 6.07) is 19.3. The van der Waals surface area contributed by atoms with Gasteiger partial charge in [-0.1, -0.05) is 41.9 Å². The molecule has 0 fully saturated rings. The smallest absolute Gasteiger partial charge is 0.238 e. The van der Waals surface area contributed by atoms with Gasteiger partial charge >= 0.3 is 0 Å². The van der Waals surface area contributed by atoms with E-state index in [1.165, 1.54) is 11.8 Å². The Hall–Kier alpha value is -2.24. The van der Waals surface area contributed by atoms with Crippen LogP contribution in [0.15, 0.2) is 71.8 Å². The number of anilines is 1. The first-order valence-electron chi connectivity index (χ1n) is 7.90. The summed E-state index contributed by atoms with van der Waals surface area (Å²) < 4.78 is 1.75. The Morgan fingerprint density at radius 1 is 1.20 bits per heavy atom. The van der Waals surface area contributed by atoms with Crippen molar-refractivity contribution in [3.05, 3.63) is 77.4 Å². The quantitative estimate of drug-likeness (QED) is 0.638. The van der Waals surface area contributed by atoms with Crippen molar-refractivity contribution in [2.24, 2.45) is 0 Å². The van der Waals surface area contributed by atoms with E-state index < -0.39 is 0 Å². The Morgan fingerprint density at radius 2 is 2.00 bits per heavy atom. The molecule has 0 aliphatic rings. The van der Waals surface area contributed by atoms with Gasteiger partial charge in [-0.2, -0.15) is 5.10 Å². The highest BCUT2D eigenvalue weighted by atomic mass is 35.5. The number of hydrogen-bond donors (Lipinski definition) is 1. The summed E-state index contributed by atoms with van der Waals surface area (Å²) in [7, 11) is 0. The van der Waals surface area contributed by atoms with Gasteiger partial charge in [-0.15, -0.1) is 11.8 Å². The number of hydrogen-bond acceptors (Lipinski definition) is 3. The lowest BCUT2D eigenvalue weighted by molar-refractivity contribution is -0.115. The predicted molar refractivity (Wildman–Crippen MR) is 103 cm³/mol. The third kappa shape index (κ3) is 4.87. The topological polar surface area (TPSA) is 46.9 Å². The molecular formula is C19H18ClN3OS. The van der Waals surface area contributed by atoms with Gasteiger partial charge in [-0.3, -0.25) is 4.79 Å². The number of thioether (sulfide) groups is 1. The number of nitrogens with zero attached hydrogens (tertiary/aromatic N) is 2. The molecule has 0 saturated carbocycles. The van der Waals surface area contributed by atoms with Crippen LogP contribution in [0.2, 0.25) is 5.02 Å². The summed E-state index contributed by atoms with van der Waals surface area (Å²) in [4.78, 5) is 13.5. The van der Waals surface area contributed by atoms with Gasteiger partial charge in [0, 0.05) is 16.0 Å². The third-order valence-electron chi connectivity index (χ3n) is 3.61. The van der Waals surface area contributed by atoms with Crippen LogP contribution < -0.4 is 5.32 Å². The number of carbonyl (C=O) groups is 1. The van der Waals surface area contributed by atoms with Crippen LogP contribution >= 0.6 is 23.4 Å². The van der Waals surface area contributed by atoms with Crippen LogP contribution in [-0.4, -0.2) is 20.9 Å². The number of aromatic nitrogens is 2. The highest BCUT2D eigenvalue weighted by Crippen LogP contribution is 2.24. The van der Waals surface area contributed by atoms with Crippen LogP contribution in [0.25, 0.3) is 0 Å². The van der Waals surface area contributed by atoms with Gasteiger partial charge in [0.25, 0.3) is 0 Å². The molecule has 1 amide bonds. The average molecular weight is 372 g/mol. The molecule has 3 aromatic rings. The molecule has 1 atom stereocenters. The highest BCUT2D eigenvalue weighted by molar-refractivity contribution is 8.00. The van der Waals surface area contributed by atoms with E-state index in [1.807, 2.05) is 61.5 Å². The summed E-state index contributed by atoms with van der Waals surface area (Å²) in [5.41, 5.74) is 1.03. The first-order chi connectivity index (χ1) is 12.1. The maximum absolute atomic E-state index is 12.5. The second kappa shape index (κ2) is 8.23. The number of rotatable bonds is 6. The molecule has 0 spiro atoms. The minimum Gasteiger partial charge on any atom is -0.310 e. The summed E-state index contributed by atoms with van der Waals surface area (Å²) >= 11 is 7.55. The molecule has 128 valence electrons. The maximum atomic E-state index is 12.5. The fourth-order valence-corrected chi connectivity index (χ4v) is 3.46. The van der Waals surface area contributed by atoms with E-state index in [9.17, 15) is 4.79 Å². The van der Waals surface area contributed by atoms with Crippen molar-refractivity contribution in [1.82, 2.24) is 9.78 Å². The molecule has 1 heterocycles. The lowest BCUT2D eigenvalue weighted by Crippen LogP contribution is -2.24. The van der Waals surface area contributed by atoms with Crippen molar-refractivity contribution in [3.8, 4) is 0 Å². The van der Waals surface area contributed by atoms with Crippen LogP contribution in [-0.2, 0) is 11.3 Å². The van der Waals surface area contributed by atoms with Crippen molar-refractivity contribution in [3.63, 3.8) is 0 Å². The second-order valence-corrected chi connectivity index (χ2v) is 7.42. The average Bonchev–Trinajstić information content (AvgIpc) is 3.02. The van der Waals surface area contributed by atoms with Gasteiger partial charge in [-0.25, -0.2) is 4.68 Å². The van der Waals surface area contributed by atoms with Crippen molar-refractivity contribution < 1.29 is 4.79 Å².